The highest BCUT2D eigenvalue weighted by atomic mass is 32.2. The summed E-state index contributed by atoms with van der Waals surface area (Å²) in [6.45, 7) is 0. The lowest BCUT2D eigenvalue weighted by atomic mass is 10.1. The number of thiophene rings is 1. The molecule has 0 radical (unpaired) electrons. The molecular weight excluding hydrogens is 200 g/mol. The quantitative estimate of drug-likeness (QED) is 0.598. The van der Waals surface area contributed by atoms with E-state index in [1.54, 1.807) is 11.3 Å². The Balaban J connectivity index is 2.08. The van der Waals surface area contributed by atoms with Gasteiger partial charge in [-0.15, -0.1) is 11.3 Å². The van der Waals surface area contributed by atoms with Crippen LogP contribution in [-0.2, 0) is 0 Å². The molecule has 2 atom stereocenters. The van der Waals surface area contributed by atoms with Crippen molar-refractivity contribution in [1.82, 2.24) is 5.43 Å². The first-order chi connectivity index (χ1) is 6.42. The molecule has 0 amide bonds. The Morgan fingerprint density at radius 3 is 3.08 bits per heavy atom. The minimum atomic E-state index is 0.354. The molecule has 3 N–H and O–H groups in total. The summed E-state index contributed by atoms with van der Waals surface area (Å²) in [5, 5.41) is 2.78. The van der Waals surface area contributed by atoms with E-state index < -0.39 is 0 Å². The Morgan fingerprint density at radius 2 is 2.54 bits per heavy atom. The summed E-state index contributed by atoms with van der Waals surface area (Å²) in [6, 6.07) is 4.60. The van der Waals surface area contributed by atoms with E-state index in [0.29, 0.717) is 11.3 Å². The molecule has 1 aromatic heterocycles. The van der Waals surface area contributed by atoms with Crippen LogP contribution >= 0.6 is 23.1 Å². The summed E-state index contributed by atoms with van der Waals surface area (Å²) in [7, 11) is 0. The van der Waals surface area contributed by atoms with Crippen molar-refractivity contribution in [3.63, 3.8) is 0 Å². The molecule has 0 bridgehead atoms. The molecule has 2 nitrogen and oxygen atoms in total. The van der Waals surface area contributed by atoms with Gasteiger partial charge in [-0.3, -0.25) is 11.3 Å². The van der Waals surface area contributed by atoms with Crippen LogP contribution in [0.3, 0.4) is 0 Å². The fraction of sp³-hybridized carbons (Fsp3) is 0.556. The van der Waals surface area contributed by atoms with Crippen LogP contribution in [0.1, 0.15) is 23.8 Å². The second-order valence-corrected chi connectivity index (χ2v) is 5.54. The molecule has 0 aromatic carbocycles. The highest BCUT2D eigenvalue weighted by Gasteiger charge is 2.26. The summed E-state index contributed by atoms with van der Waals surface area (Å²) in [5.74, 6) is 6.87. The van der Waals surface area contributed by atoms with E-state index >= 15 is 0 Å². The molecule has 2 unspecified atom stereocenters. The van der Waals surface area contributed by atoms with Crippen LogP contribution in [-0.4, -0.2) is 11.0 Å². The monoisotopic (exact) mass is 214 g/mol. The van der Waals surface area contributed by atoms with Crippen LogP contribution in [0.25, 0.3) is 0 Å². The number of nitrogens with one attached hydrogen (secondary N) is 1. The number of hydrogen-bond donors (Lipinski definition) is 2. The van der Waals surface area contributed by atoms with Gasteiger partial charge < -0.3 is 0 Å². The second-order valence-electron chi connectivity index (χ2n) is 3.21. The summed E-state index contributed by atoms with van der Waals surface area (Å²) in [4.78, 5) is 1.36. The molecular formula is C9H14N2S2. The van der Waals surface area contributed by atoms with Gasteiger partial charge in [0.25, 0.3) is 0 Å². The molecule has 2 heterocycles. The largest absolute Gasteiger partial charge is 0.271 e. The lowest BCUT2D eigenvalue weighted by Gasteiger charge is -2.20. The molecule has 1 saturated heterocycles. The fourth-order valence-electron chi connectivity index (χ4n) is 1.71. The van der Waals surface area contributed by atoms with Gasteiger partial charge in [0.05, 0.1) is 6.04 Å². The maximum absolute atomic E-state index is 5.59. The first-order valence-electron chi connectivity index (χ1n) is 4.53. The Hall–Kier alpha value is -0.0300. The fourth-order valence-corrected chi connectivity index (χ4v) is 4.03. The van der Waals surface area contributed by atoms with Crippen molar-refractivity contribution in [3.8, 4) is 0 Å². The van der Waals surface area contributed by atoms with E-state index in [0.717, 1.165) is 0 Å². The molecule has 0 saturated carbocycles. The van der Waals surface area contributed by atoms with E-state index in [2.05, 4.69) is 22.9 Å². The van der Waals surface area contributed by atoms with Gasteiger partial charge in [0, 0.05) is 10.1 Å². The minimum absolute atomic E-state index is 0.354. The molecule has 1 aromatic rings. The zero-order chi connectivity index (χ0) is 9.10. The van der Waals surface area contributed by atoms with Crippen molar-refractivity contribution in [1.29, 1.82) is 0 Å². The third kappa shape index (κ3) is 2.07. The zero-order valence-electron chi connectivity index (χ0n) is 7.40. The molecule has 13 heavy (non-hydrogen) atoms. The predicted molar refractivity (Wildman–Crippen MR) is 59.9 cm³/mol. The van der Waals surface area contributed by atoms with Gasteiger partial charge in [-0.25, -0.2) is 0 Å². The lowest BCUT2D eigenvalue weighted by Crippen LogP contribution is -2.33. The number of thioether (sulfide) groups is 1. The molecule has 1 aliphatic heterocycles. The molecule has 72 valence electrons. The van der Waals surface area contributed by atoms with Crippen LogP contribution < -0.4 is 11.3 Å². The van der Waals surface area contributed by atoms with Gasteiger partial charge >= 0.3 is 0 Å². The van der Waals surface area contributed by atoms with E-state index in [4.69, 9.17) is 5.84 Å². The Morgan fingerprint density at radius 1 is 1.62 bits per heavy atom. The molecule has 2 rings (SSSR count). The smallest absolute Gasteiger partial charge is 0.0671 e. The van der Waals surface area contributed by atoms with E-state index in [1.165, 1.54) is 23.5 Å². The molecule has 1 fully saturated rings. The predicted octanol–water partition coefficient (Wildman–Crippen LogP) is 2.15. The van der Waals surface area contributed by atoms with E-state index in [-0.39, 0.29) is 0 Å². The van der Waals surface area contributed by atoms with E-state index in [9.17, 15) is 0 Å². The molecule has 0 spiro atoms. The summed E-state index contributed by atoms with van der Waals surface area (Å²) >= 11 is 3.82. The van der Waals surface area contributed by atoms with Crippen molar-refractivity contribution in [2.75, 3.05) is 5.75 Å². The summed E-state index contributed by atoms with van der Waals surface area (Å²) in [5.41, 5.74) is 2.94. The standard InChI is InChI=1S/C9H14N2S2/c10-11-9(7-3-1-5-12-7)8-4-2-6-13-8/h1,3,5,8-9,11H,2,4,6,10H2. The zero-order valence-corrected chi connectivity index (χ0v) is 9.03. The van der Waals surface area contributed by atoms with Gasteiger partial charge in [-0.2, -0.15) is 11.8 Å². The van der Waals surface area contributed by atoms with Crippen molar-refractivity contribution < 1.29 is 0 Å². The van der Waals surface area contributed by atoms with Gasteiger partial charge in [0.1, 0.15) is 0 Å². The van der Waals surface area contributed by atoms with Crippen molar-refractivity contribution in [2.24, 2.45) is 5.84 Å². The molecule has 0 aliphatic carbocycles. The summed E-state index contributed by atoms with van der Waals surface area (Å²) < 4.78 is 0. The Labute approximate surface area is 86.9 Å². The van der Waals surface area contributed by atoms with Crippen molar-refractivity contribution in [3.05, 3.63) is 22.4 Å². The molecule has 4 heteroatoms. The first-order valence-corrected chi connectivity index (χ1v) is 6.46. The second kappa shape index (κ2) is 4.46. The van der Waals surface area contributed by atoms with Crippen LogP contribution in [0.2, 0.25) is 0 Å². The van der Waals surface area contributed by atoms with Crippen LogP contribution in [0.4, 0.5) is 0 Å². The van der Waals surface area contributed by atoms with Crippen molar-refractivity contribution in [2.45, 2.75) is 24.1 Å². The van der Waals surface area contributed by atoms with Crippen LogP contribution in [0.15, 0.2) is 17.5 Å². The van der Waals surface area contributed by atoms with Crippen LogP contribution in [0.5, 0.6) is 0 Å². The molecule has 1 aliphatic rings. The van der Waals surface area contributed by atoms with Crippen molar-refractivity contribution >= 4 is 23.1 Å². The van der Waals surface area contributed by atoms with Gasteiger partial charge in [-0.1, -0.05) is 6.07 Å². The average molecular weight is 214 g/mol. The van der Waals surface area contributed by atoms with E-state index in [1.807, 2.05) is 11.8 Å². The summed E-state index contributed by atoms with van der Waals surface area (Å²) in [6.07, 6.45) is 2.62. The van der Waals surface area contributed by atoms with Gasteiger partial charge in [0.15, 0.2) is 0 Å². The highest BCUT2D eigenvalue weighted by molar-refractivity contribution is 8.00. The maximum Gasteiger partial charge on any atom is 0.0671 e. The van der Waals surface area contributed by atoms with Gasteiger partial charge in [-0.05, 0) is 30.0 Å². The third-order valence-corrected chi connectivity index (χ3v) is 4.78. The third-order valence-electron chi connectivity index (χ3n) is 2.37. The highest BCUT2D eigenvalue weighted by Crippen LogP contribution is 2.36. The number of hydrogen-bond acceptors (Lipinski definition) is 4. The Bertz CT molecular complexity index is 242. The number of hydrazine groups is 1. The van der Waals surface area contributed by atoms with Gasteiger partial charge in [0.2, 0.25) is 0 Å². The minimum Gasteiger partial charge on any atom is -0.271 e. The lowest BCUT2D eigenvalue weighted by molar-refractivity contribution is 0.528. The van der Waals surface area contributed by atoms with Crippen LogP contribution in [0, 0.1) is 0 Å². The number of rotatable bonds is 3. The normalized spacial score (nSPS) is 24.8. The average Bonchev–Trinajstić information content (AvgIpc) is 2.76. The number of nitrogens with two attached hydrogens (primary N) is 1. The SMILES string of the molecule is NNC(c1cccs1)C1CCCS1. The Kier molecular flexibility index (Phi) is 3.27. The topological polar surface area (TPSA) is 38.0 Å². The maximum atomic E-state index is 5.59. The first kappa shape index (κ1) is 9.52.